The van der Waals surface area contributed by atoms with Crippen molar-refractivity contribution in [2.45, 2.75) is 44.2 Å². The maximum absolute atomic E-state index is 14.6. The van der Waals surface area contributed by atoms with Crippen LogP contribution in [0.3, 0.4) is 0 Å². The first-order valence-corrected chi connectivity index (χ1v) is 11.0. The number of ether oxygens (including phenoxy) is 1. The summed E-state index contributed by atoms with van der Waals surface area (Å²) in [5.41, 5.74) is -1.70. The zero-order chi connectivity index (χ0) is 28.9. The summed E-state index contributed by atoms with van der Waals surface area (Å²) >= 11 is 0. The van der Waals surface area contributed by atoms with Gasteiger partial charge in [-0.1, -0.05) is 0 Å². The Morgan fingerprint density at radius 3 is 2.33 bits per heavy atom. The Morgan fingerprint density at radius 1 is 1.13 bits per heavy atom. The van der Waals surface area contributed by atoms with Crippen molar-refractivity contribution in [1.82, 2.24) is 34.6 Å². The number of aliphatic hydroxyl groups is 2. The third-order valence-corrected chi connectivity index (χ3v) is 5.97. The van der Waals surface area contributed by atoms with Crippen LogP contribution in [0.1, 0.15) is 28.8 Å². The van der Waals surface area contributed by atoms with Gasteiger partial charge in [0.05, 0.1) is 42.5 Å². The SMILES string of the molecule is Cc1c(-c2ncc(F)cn2)c(C(=O)N2C(CNc3cnc(C(F)(F)F)cn3)C(C)OC(F)(F)C2(O)O)nn1C. The van der Waals surface area contributed by atoms with Crippen LogP contribution in [-0.2, 0) is 18.0 Å². The van der Waals surface area contributed by atoms with Gasteiger partial charge < -0.3 is 20.3 Å². The lowest BCUT2D eigenvalue weighted by atomic mass is 10.0. The number of nitrogens with one attached hydrogen (secondary N) is 1. The number of halogens is 6. The third kappa shape index (κ3) is 5.09. The van der Waals surface area contributed by atoms with Gasteiger partial charge in [-0.3, -0.25) is 14.4 Å². The highest BCUT2D eigenvalue weighted by Crippen LogP contribution is 2.41. The van der Waals surface area contributed by atoms with Gasteiger partial charge in [-0.15, -0.1) is 0 Å². The van der Waals surface area contributed by atoms with Crippen molar-refractivity contribution in [3.05, 3.63) is 47.7 Å². The highest BCUT2D eigenvalue weighted by Gasteiger charge is 2.66. The molecule has 3 aromatic heterocycles. The van der Waals surface area contributed by atoms with Crippen LogP contribution in [-0.4, -0.2) is 81.4 Å². The van der Waals surface area contributed by atoms with E-state index in [4.69, 9.17) is 0 Å². The molecule has 2 atom stereocenters. The number of hydrogen-bond donors (Lipinski definition) is 3. The molecular formula is C21H20F6N8O4. The van der Waals surface area contributed by atoms with Crippen LogP contribution in [0.25, 0.3) is 11.4 Å². The lowest BCUT2D eigenvalue weighted by Crippen LogP contribution is -2.74. The minimum atomic E-state index is -4.76. The molecule has 0 saturated carbocycles. The first-order valence-electron chi connectivity index (χ1n) is 11.0. The average Bonchev–Trinajstić information content (AvgIpc) is 3.14. The molecule has 3 N–H and O–H groups in total. The zero-order valence-corrected chi connectivity index (χ0v) is 20.3. The molecule has 1 aliphatic rings. The molecule has 18 heteroatoms. The number of morpholine rings is 1. The highest BCUT2D eigenvalue weighted by molar-refractivity contribution is 5.99. The number of alkyl halides is 5. The Kier molecular flexibility index (Phi) is 6.98. The Bertz CT molecular complexity index is 1360. The van der Waals surface area contributed by atoms with Crippen LogP contribution in [0.4, 0.5) is 32.2 Å². The molecule has 0 aromatic carbocycles. The van der Waals surface area contributed by atoms with E-state index in [2.05, 4.69) is 35.1 Å². The first-order chi connectivity index (χ1) is 18.0. The van der Waals surface area contributed by atoms with E-state index in [1.165, 1.54) is 18.7 Å². The summed E-state index contributed by atoms with van der Waals surface area (Å²) in [6.07, 6.45) is -8.25. The molecule has 12 nitrogen and oxygen atoms in total. The summed E-state index contributed by atoms with van der Waals surface area (Å²) in [6, 6.07) is -1.57. The number of nitrogens with zero attached hydrogens (tertiary/aromatic N) is 7. The van der Waals surface area contributed by atoms with Crippen molar-refractivity contribution >= 4 is 11.7 Å². The minimum absolute atomic E-state index is 0.0282. The quantitative estimate of drug-likeness (QED) is 0.310. The minimum Gasteiger partial charge on any atom is -0.367 e. The number of aromatic nitrogens is 6. The highest BCUT2D eigenvalue weighted by atomic mass is 19.4. The molecule has 210 valence electrons. The van der Waals surface area contributed by atoms with E-state index in [1.54, 1.807) is 0 Å². The summed E-state index contributed by atoms with van der Waals surface area (Å²) in [5, 5.41) is 27.5. The number of hydrogen-bond acceptors (Lipinski definition) is 10. The largest absolute Gasteiger partial charge is 0.434 e. The van der Waals surface area contributed by atoms with E-state index >= 15 is 0 Å². The second-order valence-electron chi connectivity index (χ2n) is 8.54. The van der Waals surface area contributed by atoms with Crippen LogP contribution in [0, 0.1) is 12.7 Å². The average molecular weight is 562 g/mol. The van der Waals surface area contributed by atoms with Crippen LogP contribution in [0.5, 0.6) is 0 Å². The van der Waals surface area contributed by atoms with Gasteiger partial charge in [-0.25, -0.2) is 24.3 Å². The second-order valence-corrected chi connectivity index (χ2v) is 8.54. The van der Waals surface area contributed by atoms with Crippen molar-refractivity contribution < 1.29 is 46.1 Å². The fraction of sp³-hybridized carbons (Fsp3) is 0.429. The summed E-state index contributed by atoms with van der Waals surface area (Å²) in [6.45, 7) is 2.04. The van der Waals surface area contributed by atoms with E-state index in [0.29, 0.717) is 6.20 Å². The van der Waals surface area contributed by atoms with Crippen molar-refractivity contribution in [3.63, 3.8) is 0 Å². The lowest BCUT2D eigenvalue weighted by molar-refractivity contribution is -0.473. The molecule has 4 rings (SSSR count). The Balaban J connectivity index is 1.73. The van der Waals surface area contributed by atoms with Crippen LogP contribution in [0.15, 0.2) is 24.8 Å². The number of aryl methyl sites for hydroxylation is 1. The maximum atomic E-state index is 14.6. The van der Waals surface area contributed by atoms with Crippen molar-refractivity contribution in [1.29, 1.82) is 0 Å². The summed E-state index contributed by atoms with van der Waals surface area (Å²) in [7, 11) is 1.41. The van der Waals surface area contributed by atoms with E-state index in [-0.39, 0.29) is 27.8 Å². The first kappa shape index (κ1) is 28.1. The smallest absolute Gasteiger partial charge is 0.367 e. The fourth-order valence-corrected chi connectivity index (χ4v) is 3.88. The van der Waals surface area contributed by atoms with Gasteiger partial charge >= 0.3 is 18.2 Å². The molecule has 1 aliphatic heterocycles. The Hall–Kier alpha value is -3.90. The van der Waals surface area contributed by atoms with Gasteiger partial charge in [0, 0.05) is 19.3 Å². The standard InChI is InChI=1S/C21H20F6N8O4/c1-9-15(17-31-4-11(22)5-32-17)16(33-34(9)3)18(36)35-12(10(2)39-20(26,27)21(35,37)38)6-29-14-8-28-13(7-30-14)19(23,24)25/h4-5,7-8,10,12,37-38H,6H2,1-3H3,(H,29,30). The van der Waals surface area contributed by atoms with Crippen molar-refractivity contribution in [3.8, 4) is 11.4 Å². The van der Waals surface area contributed by atoms with Gasteiger partial charge in [-0.05, 0) is 13.8 Å². The molecule has 4 heterocycles. The van der Waals surface area contributed by atoms with Gasteiger partial charge in [-0.2, -0.15) is 27.1 Å². The normalized spacial score (nSPS) is 20.6. The summed E-state index contributed by atoms with van der Waals surface area (Å²) in [5.74, 6) is -6.85. The number of anilines is 1. The molecule has 1 amide bonds. The second kappa shape index (κ2) is 9.69. The van der Waals surface area contributed by atoms with E-state index in [9.17, 15) is 41.4 Å². The van der Waals surface area contributed by atoms with Crippen LogP contribution >= 0.6 is 0 Å². The number of amides is 1. The van der Waals surface area contributed by atoms with E-state index in [1.807, 2.05) is 0 Å². The summed E-state index contributed by atoms with van der Waals surface area (Å²) in [4.78, 5) is 28.1. The van der Waals surface area contributed by atoms with Gasteiger partial charge in [0.1, 0.15) is 5.82 Å². The monoisotopic (exact) mass is 562 g/mol. The molecule has 1 fully saturated rings. The van der Waals surface area contributed by atoms with Gasteiger partial charge in [0.15, 0.2) is 23.0 Å². The number of rotatable bonds is 5. The maximum Gasteiger partial charge on any atom is 0.434 e. The van der Waals surface area contributed by atoms with Crippen LogP contribution in [0.2, 0.25) is 0 Å². The summed E-state index contributed by atoms with van der Waals surface area (Å²) < 4.78 is 86.6. The van der Waals surface area contributed by atoms with Gasteiger partial charge in [0.25, 0.3) is 5.91 Å². The molecule has 3 aromatic rings. The zero-order valence-electron chi connectivity index (χ0n) is 20.3. The van der Waals surface area contributed by atoms with E-state index < -0.39 is 60.0 Å². The van der Waals surface area contributed by atoms with Crippen molar-refractivity contribution in [2.75, 3.05) is 11.9 Å². The predicted molar refractivity (Wildman–Crippen MR) is 117 cm³/mol. The number of carbonyl (C=O) groups is 1. The predicted octanol–water partition coefficient (Wildman–Crippen LogP) is 1.71. The topological polar surface area (TPSA) is 151 Å². The molecule has 0 aliphatic carbocycles. The molecule has 1 saturated heterocycles. The molecule has 39 heavy (non-hydrogen) atoms. The van der Waals surface area contributed by atoms with Gasteiger partial charge in [0.2, 0.25) is 0 Å². The Morgan fingerprint density at radius 2 is 1.77 bits per heavy atom. The Labute approximate surface area is 215 Å². The molecule has 0 radical (unpaired) electrons. The molecule has 0 spiro atoms. The number of carbonyl (C=O) groups excluding carboxylic acids is 1. The lowest BCUT2D eigenvalue weighted by Gasteiger charge is -2.50. The van der Waals surface area contributed by atoms with E-state index in [0.717, 1.165) is 25.5 Å². The van der Waals surface area contributed by atoms with Crippen LogP contribution < -0.4 is 5.32 Å². The third-order valence-electron chi connectivity index (χ3n) is 5.97. The van der Waals surface area contributed by atoms with Crippen molar-refractivity contribution in [2.24, 2.45) is 7.05 Å². The molecule has 2 unspecified atom stereocenters. The fourth-order valence-electron chi connectivity index (χ4n) is 3.88. The molecule has 0 bridgehead atoms. The molecular weight excluding hydrogens is 542 g/mol.